The molecule has 1 aromatic carbocycles. The molecule has 4 heteroatoms. The van der Waals surface area contributed by atoms with Crippen LogP contribution >= 0.6 is 11.8 Å². The van der Waals surface area contributed by atoms with Gasteiger partial charge in [0.25, 0.3) is 5.91 Å². The molecule has 0 aliphatic carbocycles. The Morgan fingerprint density at radius 1 is 1.44 bits per heavy atom. The van der Waals surface area contributed by atoms with Gasteiger partial charge in [0.1, 0.15) is 0 Å². The number of fused-ring (bicyclic) bond motifs is 1. The number of aromatic amines is 1. The summed E-state index contributed by atoms with van der Waals surface area (Å²) < 4.78 is 0. The largest absolute Gasteiger partial charge is 0.361 e. The predicted octanol–water partition coefficient (Wildman–Crippen LogP) is 2.65. The van der Waals surface area contributed by atoms with Gasteiger partial charge in [-0.2, -0.15) is 11.8 Å². The Labute approximate surface area is 110 Å². The number of aromatic nitrogens is 1. The highest BCUT2D eigenvalue weighted by Crippen LogP contribution is 2.22. The Balaban J connectivity index is 1.67. The van der Waals surface area contributed by atoms with Crippen molar-refractivity contribution in [2.75, 3.05) is 18.1 Å². The number of hydrogen-bond donors (Lipinski definition) is 2. The lowest BCUT2D eigenvalue weighted by atomic mass is 10.1. The molecule has 1 atom stereocenters. The van der Waals surface area contributed by atoms with Crippen molar-refractivity contribution < 1.29 is 4.79 Å². The van der Waals surface area contributed by atoms with Crippen LogP contribution < -0.4 is 5.32 Å². The summed E-state index contributed by atoms with van der Waals surface area (Å²) in [4.78, 5) is 15.2. The van der Waals surface area contributed by atoms with Crippen molar-refractivity contribution >= 4 is 28.6 Å². The van der Waals surface area contributed by atoms with E-state index in [2.05, 4.69) is 10.3 Å². The summed E-state index contributed by atoms with van der Waals surface area (Å²) in [5.41, 5.74) is 1.75. The van der Waals surface area contributed by atoms with Crippen LogP contribution in [-0.4, -0.2) is 28.9 Å². The molecular formula is C14H16N2OS. The van der Waals surface area contributed by atoms with Gasteiger partial charge in [0.05, 0.1) is 0 Å². The molecule has 0 saturated carbocycles. The van der Waals surface area contributed by atoms with Crippen LogP contribution in [0.3, 0.4) is 0 Å². The second-order valence-electron chi connectivity index (χ2n) is 4.72. The molecule has 1 unspecified atom stereocenters. The molecule has 2 heterocycles. The summed E-state index contributed by atoms with van der Waals surface area (Å²) in [6.07, 6.45) is 3.11. The van der Waals surface area contributed by atoms with Crippen LogP contribution in [-0.2, 0) is 0 Å². The van der Waals surface area contributed by atoms with Crippen LogP contribution in [0.15, 0.2) is 30.5 Å². The number of benzene rings is 1. The topological polar surface area (TPSA) is 44.9 Å². The Morgan fingerprint density at radius 2 is 2.39 bits per heavy atom. The van der Waals surface area contributed by atoms with Gasteiger partial charge in [0, 0.05) is 23.8 Å². The molecule has 2 N–H and O–H groups in total. The van der Waals surface area contributed by atoms with Crippen molar-refractivity contribution in [3.05, 3.63) is 36.0 Å². The molecule has 1 amide bonds. The Morgan fingerprint density at radius 3 is 3.22 bits per heavy atom. The molecule has 1 fully saturated rings. The number of rotatable bonds is 3. The van der Waals surface area contributed by atoms with E-state index < -0.39 is 0 Å². The number of amides is 1. The van der Waals surface area contributed by atoms with Gasteiger partial charge in [-0.25, -0.2) is 0 Å². The average Bonchev–Trinajstić information content (AvgIpc) is 3.05. The Bertz CT molecular complexity index is 558. The van der Waals surface area contributed by atoms with Crippen molar-refractivity contribution in [2.45, 2.75) is 6.42 Å². The number of thioether (sulfide) groups is 1. The van der Waals surface area contributed by atoms with E-state index in [0.29, 0.717) is 5.92 Å². The Hall–Kier alpha value is -1.42. The van der Waals surface area contributed by atoms with Crippen molar-refractivity contribution in [1.29, 1.82) is 0 Å². The summed E-state index contributed by atoms with van der Waals surface area (Å²) in [6.45, 7) is 0.800. The first-order chi connectivity index (χ1) is 8.83. The van der Waals surface area contributed by atoms with E-state index in [0.717, 1.165) is 23.0 Å². The van der Waals surface area contributed by atoms with Gasteiger partial charge >= 0.3 is 0 Å². The van der Waals surface area contributed by atoms with Crippen LogP contribution in [0.5, 0.6) is 0 Å². The first kappa shape index (κ1) is 11.7. The lowest BCUT2D eigenvalue weighted by molar-refractivity contribution is 0.0948. The fourth-order valence-electron chi connectivity index (χ4n) is 2.27. The molecule has 0 bridgehead atoms. The highest BCUT2D eigenvalue weighted by atomic mass is 32.2. The monoisotopic (exact) mass is 260 g/mol. The van der Waals surface area contributed by atoms with Crippen LogP contribution in [0.1, 0.15) is 16.8 Å². The third-order valence-corrected chi connectivity index (χ3v) is 4.62. The average molecular weight is 260 g/mol. The van der Waals surface area contributed by atoms with Crippen LogP contribution in [0.4, 0.5) is 0 Å². The van der Waals surface area contributed by atoms with E-state index in [1.165, 1.54) is 17.9 Å². The highest BCUT2D eigenvalue weighted by molar-refractivity contribution is 7.99. The zero-order chi connectivity index (χ0) is 12.4. The highest BCUT2D eigenvalue weighted by Gasteiger charge is 2.16. The summed E-state index contributed by atoms with van der Waals surface area (Å²) >= 11 is 1.98. The van der Waals surface area contributed by atoms with E-state index in [-0.39, 0.29) is 5.91 Å². The number of hydrogen-bond acceptors (Lipinski definition) is 2. The summed E-state index contributed by atoms with van der Waals surface area (Å²) in [5.74, 6) is 3.09. The van der Waals surface area contributed by atoms with Gasteiger partial charge in [-0.1, -0.05) is 6.07 Å². The molecule has 3 nitrogen and oxygen atoms in total. The van der Waals surface area contributed by atoms with Gasteiger partial charge < -0.3 is 10.3 Å². The minimum atomic E-state index is 0.0309. The number of carbonyl (C=O) groups is 1. The fourth-order valence-corrected chi connectivity index (χ4v) is 3.56. The third-order valence-electron chi connectivity index (χ3n) is 3.39. The minimum Gasteiger partial charge on any atom is -0.361 e. The normalized spacial score (nSPS) is 19.2. The van der Waals surface area contributed by atoms with E-state index in [4.69, 9.17) is 0 Å². The van der Waals surface area contributed by atoms with Crippen molar-refractivity contribution in [3.8, 4) is 0 Å². The maximum absolute atomic E-state index is 12.0. The minimum absolute atomic E-state index is 0.0309. The summed E-state index contributed by atoms with van der Waals surface area (Å²) in [6, 6.07) is 7.78. The molecule has 0 spiro atoms. The quantitative estimate of drug-likeness (QED) is 0.891. The molecule has 1 aliphatic rings. The molecule has 1 aliphatic heterocycles. The molecule has 1 saturated heterocycles. The van der Waals surface area contributed by atoms with Crippen molar-refractivity contribution in [2.24, 2.45) is 5.92 Å². The van der Waals surface area contributed by atoms with Crippen LogP contribution in [0, 0.1) is 5.92 Å². The zero-order valence-corrected chi connectivity index (χ0v) is 10.9. The third kappa shape index (κ3) is 2.38. The maximum atomic E-state index is 12.0. The second kappa shape index (κ2) is 5.06. The maximum Gasteiger partial charge on any atom is 0.251 e. The van der Waals surface area contributed by atoms with Gasteiger partial charge in [0.2, 0.25) is 0 Å². The first-order valence-corrected chi connectivity index (χ1v) is 7.41. The van der Waals surface area contributed by atoms with E-state index >= 15 is 0 Å². The molecule has 0 radical (unpaired) electrons. The molecule has 2 aromatic rings. The standard InChI is InChI=1S/C14H16N2OS/c17-14(16-8-10-4-6-18-9-10)12-2-1-11-3-5-15-13(11)7-12/h1-3,5,7,10,15H,4,6,8-9H2,(H,16,17). The van der Waals surface area contributed by atoms with Gasteiger partial charge in [-0.05, 0) is 47.4 Å². The lowest BCUT2D eigenvalue weighted by Crippen LogP contribution is -2.29. The fraction of sp³-hybridized carbons (Fsp3) is 0.357. The first-order valence-electron chi connectivity index (χ1n) is 6.26. The second-order valence-corrected chi connectivity index (χ2v) is 5.87. The molecule has 3 rings (SSSR count). The molecule has 18 heavy (non-hydrogen) atoms. The van der Waals surface area contributed by atoms with E-state index in [1.807, 2.05) is 42.2 Å². The van der Waals surface area contributed by atoms with Gasteiger partial charge in [0.15, 0.2) is 0 Å². The SMILES string of the molecule is O=C(NCC1CCSC1)c1ccc2cc[nH]c2c1. The van der Waals surface area contributed by atoms with Gasteiger partial charge in [-0.3, -0.25) is 4.79 Å². The number of nitrogens with one attached hydrogen (secondary N) is 2. The van der Waals surface area contributed by atoms with Gasteiger partial charge in [-0.15, -0.1) is 0 Å². The van der Waals surface area contributed by atoms with Crippen molar-refractivity contribution in [1.82, 2.24) is 10.3 Å². The van der Waals surface area contributed by atoms with E-state index in [1.54, 1.807) is 0 Å². The van der Waals surface area contributed by atoms with E-state index in [9.17, 15) is 4.79 Å². The smallest absolute Gasteiger partial charge is 0.251 e. The predicted molar refractivity (Wildman–Crippen MR) is 76.1 cm³/mol. The lowest BCUT2D eigenvalue weighted by Gasteiger charge is -2.10. The number of carbonyl (C=O) groups excluding carboxylic acids is 1. The van der Waals surface area contributed by atoms with Crippen LogP contribution in [0.2, 0.25) is 0 Å². The summed E-state index contributed by atoms with van der Waals surface area (Å²) in [5, 5.41) is 4.17. The molecule has 1 aromatic heterocycles. The summed E-state index contributed by atoms with van der Waals surface area (Å²) in [7, 11) is 0. The molecular weight excluding hydrogens is 244 g/mol. The van der Waals surface area contributed by atoms with Crippen molar-refractivity contribution in [3.63, 3.8) is 0 Å². The number of H-pyrrole nitrogens is 1. The Kier molecular flexibility index (Phi) is 3.28. The zero-order valence-electron chi connectivity index (χ0n) is 10.1. The molecule has 94 valence electrons. The van der Waals surface area contributed by atoms with Crippen LogP contribution in [0.25, 0.3) is 10.9 Å².